The Balaban J connectivity index is 1.93. The van der Waals surface area contributed by atoms with E-state index in [4.69, 9.17) is 46.4 Å². The van der Waals surface area contributed by atoms with Crippen LogP contribution in [0.15, 0.2) is 45.8 Å². The minimum atomic E-state index is -1.18. The van der Waals surface area contributed by atoms with Crippen LogP contribution in [0, 0.1) is 5.92 Å². The summed E-state index contributed by atoms with van der Waals surface area (Å²) in [5.74, 6) is -2.21. The van der Waals surface area contributed by atoms with Crippen molar-refractivity contribution in [3.8, 4) is 11.1 Å². The topological polar surface area (TPSA) is 66.4 Å². The molecule has 27 heavy (non-hydrogen) atoms. The van der Waals surface area contributed by atoms with Gasteiger partial charge in [0.2, 0.25) is 5.91 Å². The summed E-state index contributed by atoms with van der Waals surface area (Å²) in [6.45, 7) is 0. The summed E-state index contributed by atoms with van der Waals surface area (Å²) in [5, 5.41) is 15.7. The van der Waals surface area contributed by atoms with Crippen molar-refractivity contribution in [2.45, 2.75) is 6.42 Å². The first kappa shape index (κ1) is 20.2. The van der Waals surface area contributed by atoms with Crippen LogP contribution in [-0.2, 0) is 4.79 Å². The number of nitrogens with one attached hydrogen (secondary N) is 1. The molecule has 1 aliphatic carbocycles. The molecule has 9 heteroatoms. The summed E-state index contributed by atoms with van der Waals surface area (Å²) in [6.07, 6.45) is 3.52. The number of carboxylic acid groups (broad SMARTS) is 1. The second-order valence-electron chi connectivity index (χ2n) is 5.68. The minimum absolute atomic E-state index is 0.0398. The SMILES string of the molecule is O=C(O)c1c(-c2ccc(Cl)cc2Cl)csc1NC(=O)C1CC=C(Cl)C=C1Cl. The van der Waals surface area contributed by atoms with E-state index in [2.05, 4.69) is 5.32 Å². The summed E-state index contributed by atoms with van der Waals surface area (Å²) >= 11 is 25.2. The smallest absolute Gasteiger partial charge is 0.339 e. The van der Waals surface area contributed by atoms with Crippen LogP contribution in [0.25, 0.3) is 11.1 Å². The number of aromatic carboxylic acids is 1. The fourth-order valence-electron chi connectivity index (χ4n) is 2.63. The lowest BCUT2D eigenvalue weighted by molar-refractivity contribution is -0.118. The molecular weight excluding hydrogens is 452 g/mol. The lowest BCUT2D eigenvalue weighted by Gasteiger charge is -2.17. The molecule has 1 heterocycles. The number of hydrogen-bond acceptors (Lipinski definition) is 3. The fraction of sp³-hybridized carbons (Fsp3) is 0.111. The maximum absolute atomic E-state index is 12.6. The number of anilines is 1. The van der Waals surface area contributed by atoms with E-state index in [1.165, 1.54) is 12.1 Å². The van der Waals surface area contributed by atoms with Crippen molar-refractivity contribution in [1.82, 2.24) is 0 Å². The number of thiophene rings is 1. The van der Waals surface area contributed by atoms with E-state index in [0.717, 1.165) is 11.3 Å². The van der Waals surface area contributed by atoms with Crippen LogP contribution >= 0.6 is 57.7 Å². The lowest BCUT2D eigenvalue weighted by Crippen LogP contribution is -2.24. The third-order valence-electron chi connectivity index (χ3n) is 3.94. The van der Waals surface area contributed by atoms with E-state index in [1.54, 1.807) is 23.6 Å². The average molecular weight is 463 g/mol. The Bertz CT molecular complexity index is 996. The molecule has 140 valence electrons. The molecule has 0 saturated heterocycles. The Kier molecular flexibility index (Phi) is 6.18. The van der Waals surface area contributed by atoms with Gasteiger partial charge in [-0.3, -0.25) is 4.79 Å². The Morgan fingerprint density at radius 3 is 2.52 bits per heavy atom. The second kappa shape index (κ2) is 8.25. The van der Waals surface area contributed by atoms with Crippen molar-refractivity contribution in [2.75, 3.05) is 5.32 Å². The van der Waals surface area contributed by atoms with E-state index in [-0.39, 0.29) is 10.6 Å². The Hall–Kier alpha value is -1.50. The molecule has 1 atom stereocenters. The predicted octanol–water partition coefficient (Wildman–Crippen LogP) is 6.62. The van der Waals surface area contributed by atoms with Crippen LogP contribution in [-0.4, -0.2) is 17.0 Å². The largest absolute Gasteiger partial charge is 0.478 e. The zero-order chi connectivity index (χ0) is 19.7. The summed E-state index contributed by atoms with van der Waals surface area (Å²) in [7, 11) is 0. The van der Waals surface area contributed by atoms with Gasteiger partial charge in [0.05, 0.1) is 5.92 Å². The molecule has 0 radical (unpaired) electrons. The van der Waals surface area contributed by atoms with E-state index in [1.807, 2.05) is 0 Å². The average Bonchev–Trinajstić information content (AvgIpc) is 2.98. The van der Waals surface area contributed by atoms with Gasteiger partial charge >= 0.3 is 5.97 Å². The highest BCUT2D eigenvalue weighted by Gasteiger charge is 2.27. The monoisotopic (exact) mass is 461 g/mol. The number of allylic oxidation sites excluding steroid dienone is 3. The standard InChI is InChI=1S/C18H11Cl4NO3S/c19-8-1-3-10(13(21)5-8)12-7-27-17(15(12)18(25)26)23-16(24)11-4-2-9(20)6-14(11)22/h1-3,5-7,11H,4H2,(H,23,24)(H,25,26). The Morgan fingerprint density at radius 2 is 1.89 bits per heavy atom. The normalized spacial score (nSPS) is 16.5. The van der Waals surface area contributed by atoms with Gasteiger partial charge in [0.15, 0.2) is 0 Å². The number of rotatable bonds is 4. The van der Waals surface area contributed by atoms with Crippen molar-refractivity contribution in [3.63, 3.8) is 0 Å². The first-order chi connectivity index (χ1) is 12.8. The molecule has 1 aliphatic rings. The molecule has 0 saturated carbocycles. The summed E-state index contributed by atoms with van der Waals surface area (Å²) < 4.78 is 0. The van der Waals surface area contributed by atoms with Crippen LogP contribution < -0.4 is 5.32 Å². The van der Waals surface area contributed by atoms with Crippen LogP contribution in [0.2, 0.25) is 10.0 Å². The molecule has 0 spiro atoms. The van der Waals surface area contributed by atoms with Crippen LogP contribution in [0.1, 0.15) is 16.8 Å². The number of carbonyl (C=O) groups excluding carboxylic acids is 1. The molecule has 4 nitrogen and oxygen atoms in total. The molecule has 2 N–H and O–H groups in total. The molecule has 1 aromatic heterocycles. The van der Waals surface area contributed by atoms with E-state index >= 15 is 0 Å². The Morgan fingerprint density at radius 1 is 1.15 bits per heavy atom. The van der Waals surface area contributed by atoms with Gasteiger partial charge in [0.25, 0.3) is 0 Å². The van der Waals surface area contributed by atoms with Crippen molar-refractivity contribution in [3.05, 3.63) is 61.4 Å². The number of amides is 1. The first-order valence-electron chi connectivity index (χ1n) is 7.61. The maximum Gasteiger partial charge on any atom is 0.339 e. The van der Waals surface area contributed by atoms with Gasteiger partial charge in [-0.05, 0) is 24.6 Å². The third-order valence-corrected chi connectivity index (χ3v) is 6.02. The highest BCUT2D eigenvalue weighted by molar-refractivity contribution is 7.15. The van der Waals surface area contributed by atoms with Gasteiger partial charge < -0.3 is 10.4 Å². The highest BCUT2D eigenvalue weighted by atomic mass is 35.5. The number of benzene rings is 1. The second-order valence-corrected chi connectivity index (χ2v) is 8.27. The van der Waals surface area contributed by atoms with Crippen molar-refractivity contribution in [2.24, 2.45) is 5.92 Å². The number of carboxylic acids is 1. The quantitative estimate of drug-likeness (QED) is 0.536. The summed E-state index contributed by atoms with van der Waals surface area (Å²) in [6, 6.07) is 4.79. The van der Waals surface area contributed by atoms with Gasteiger partial charge in [-0.25, -0.2) is 4.79 Å². The van der Waals surface area contributed by atoms with E-state index < -0.39 is 17.8 Å². The molecule has 0 aliphatic heterocycles. The van der Waals surface area contributed by atoms with Gasteiger partial charge in [-0.2, -0.15) is 0 Å². The molecule has 1 amide bonds. The van der Waals surface area contributed by atoms with Crippen molar-refractivity contribution < 1.29 is 14.7 Å². The Labute approximate surface area is 179 Å². The predicted molar refractivity (Wildman–Crippen MR) is 111 cm³/mol. The molecular formula is C18H11Cl4NO3S. The van der Waals surface area contributed by atoms with Crippen molar-refractivity contribution >= 4 is 74.6 Å². The maximum atomic E-state index is 12.6. The van der Waals surface area contributed by atoms with Crippen LogP contribution in [0.3, 0.4) is 0 Å². The molecule has 0 fully saturated rings. The lowest BCUT2D eigenvalue weighted by atomic mass is 9.99. The van der Waals surface area contributed by atoms with Gasteiger partial charge in [-0.1, -0.05) is 58.5 Å². The summed E-state index contributed by atoms with van der Waals surface area (Å²) in [4.78, 5) is 24.4. The molecule has 1 aromatic carbocycles. The van der Waals surface area contributed by atoms with Crippen molar-refractivity contribution in [1.29, 1.82) is 0 Å². The van der Waals surface area contributed by atoms with Gasteiger partial charge in [-0.15, -0.1) is 11.3 Å². The van der Waals surface area contributed by atoms with Crippen LogP contribution in [0.4, 0.5) is 5.00 Å². The molecule has 3 rings (SSSR count). The molecule has 0 bridgehead atoms. The highest BCUT2D eigenvalue weighted by Crippen LogP contribution is 2.40. The number of halogens is 4. The fourth-order valence-corrected chi connectivity index (χ4v) is 4.67. The number of hydrogen-bond donors (Lipinski definition) is 2. The van der Waals surface area contributed by atoms with Gasteiger partial charge in [0.1, 0.15) is 10.6 Å². The third kappa shape index (κ3) is 4.33. The zero-order valence-electron chi connectivity index (χ0n) is 13.4. The van der Waals surface area contributed by atoms with Crippen LogP contribution in [0.5, 0.6) is 0 Å². The first-order valence-corrected chi connectivity index (χ1v) is 10.0. The van der Waals surface area contributed by atoms with E-state index in [0.29, 0.717) is 37.7 Å². The molecule has 2 aromatic rings. The summed E-state index contributed by atoms with van der Waals surface area (Å²) in [5.41, 5.74) is 0.875. The minimum Gasteiger partial charge on any atom is -0.478 e. The molecule has 1 unspecified atom stereocenters. The number of carbonyl (C=O) groups is 2. The van der Waals surface area contributed by atoms with E-state index in [9.17, 15) is 14.7 Å². The zero-order valence-corrected chi connectivity index (χ0v) is 17.3. The van der Waals surface area contributed by atoms with Gasteiger partial charge in [0, 0.05) is 36.6 Å².